The third-order valence-corrected chi connectivity index (χ3v) is 6.93. The minimum atomic E-state index is -1.04. The lowest BCUT2D eigenvalue weighted by molar-refractivity contribution is 0.338. The highest BCUT2D eigenvalue weighted by Gasteiger charge is 2.27. The van der Waals surface area contributed by atoms with Crippen LogP contribution in [0.15, 0.2) is 62.6 Å². The molecule has 3 aromatic rings. The van der Waals surface area contributed by atoms with E-state index in [0.717, 1.165) is 36.1 Å². The Morgan fingerprint density at radius 3 is 2.63 bits per heavy atom. The predicted octanol–water partition coefficient (Wildman–Crippen LogP) is 3.89. The van der Waals surface area contributed by atoms with E-state index in [2.05, 4.69) is 16.4 Å². The molecule has 4 rings (SSSR count). The molecular weight excluding hydrogens is 360 g/mol. The molecule has 0 spiro atoms. The molecule has 0 aliphatic heterocycles. The van der Waals surface area contributed by atoms with E-state index in [1.807, 2.05) is 49.4 Å². The van der Waals surface area contributed by atoms with E-state index in [1.54, 1.807) is 0 Å². The Balaban J connectivity index is 1.34. The molecule has 6 heteroatoms. The van der Waals surface area contributed by atoms with Crippen LogP contribution in [0.4, 0.5) is 0 Å². The molecule has 2 N–H and O–H groups in total. The second-order valence-corrected chi connectivity index (χ2v) is 9.01. The fourth-order valence-electron chi connectivity index (χ4n) is 3.96. The average molecular weight is 385 g/mol. The summed E-state index contributed by atoms with van der Waals surface area (Å²) in [6, 6.07) is 16.0. The highest BCUT2D eigenvalue weighted by molar-refractivity contribution is 7.92. The molecule has 1 fully saturated rings. The van der Waals surface area contributed by atoms with Crippen LogP contribution in [-0.4, -0.2) is 21.0 Å². The minimum absolute atomic E-state index is 0.0700. The molecule has 1 aliphatic carbocycles. The summed E-state index contributed by atoms with van der Waals surface area (Å²) in [4.78, 5) is 14.9. The number of H-pyrrole nitrogens is 1. The summed E-state index contributed by atoms with van der Waals surface area (Å²) in [5, 5.41) is 3.49. The van der Waals surface area contributed by atoms with E-state index in [0.29, 0.717) is 17.5 Å². The van der Waals surface area contributed by atoms with Crippen molar-refractivity contribution < 1.29 is 8.97 Å². The van der Waals surface area contributed by atoms with Crippen LogP contribution in [0, 0.1) is 0 Å². The number of hydrogen-bond acceptors (Lipinski definition) is 4. The number of nitrogens with one attached hydrogen (secondary N) is 2. The van der Waals surface area contributed by atoms with Crippen LogP contribution in [0.2, 0.25) is 0 Å². The van der Waals surface area contributed by atoms with E-state index in [-0.39, 0.29) is 5.37 Å². The van der Waals surface area contributed by atoms with Crippen molar-refractivity contribution in [3.63, 3.8) is 0 Å². The van der Waals surface area contributed by atoms with Gasteiger partial charge in [-0.05, 0) is 68.4 Å². The van der Waals surface area contributed by atoms with Gasteiger partial charge < -0.3 is 8.97 Å². The molecule has 0 amide bonds. The molecule has 1 saturated carbocycles. The number of rotatable bonds is 5. The normalized spacial score (nSPS) is 22.6. The zero-order chi connectivity index (χ0) is 18.8. The molecule has 0 bridgehead atoms. The Bertz CT molecular complexity index is 945. The summed E-state index contributed by atoms with van der Waals surface area (Å²) < 4.78 is 17.8. The quantitative estimate of drug-likeness (QED) is 0.654. The van der Waals surface area contributed by atoms with Gasteiger partial charge in [0, 0.05) is 17.2 Å². The van der Waals surface area contributed by atoms with Crippen LogP contribution in [0.5, 0.6) is 0 Å². The summed E-state index contributed by atoms with van der Waals surface area (Å²) in [5.41, 5.74) is 2.60. The number of fused-ring (bicyclic) bond motifs is 1. The first-order chi connectivity index (χ1) is 13.1. The van der Waals surface area contributed by atoms with Gasteiger partial charge >= 0.3 is 5.76 Å². The van der Waals surface area contributed by atoms with Gasteiger partial charge in [-0.3, -0.25) is 10.3 Å². The number of hydrogen-bond donors (Lipinski definition) is 2. The second kappa shape index (κ2) is 7.92. The van der Waals surface area contributed by atoms with Crippen LogP contribution in [0.25, 0.3) is 11.1 Å². The van der Waals surface area contributed by atoms with Crippen molar-refractivity contribution in [1.29, 1.82) is 0 Å². The SMILES string of the molecule is CC(NC1CCC(c2ccc3[nH]c(=O)oc3c2)CC1)[S+]([O-])c1ccccc1. The molecule has 142 valence electrons. The topological polar surface area (TPSA) is 81.1 Å². The highest BCUT2D eigenvalue weighted by atomic mass is 32.2. The maximum Gasteiger partial charge on any atom is 0.417 e. The van der Waals surface area contributed by atoms with Crippen molar-refractivity contribution in [2.24, 2.45) is 0 Å². The van der Waals surface area contributed by atoms with Crippen LogP contribution < -0.4 is 11.1 Å². The summed E-state index contributed by atoms with van der Waals surface area (Å²) in [7, 11) is 0. The standard InChI is InChI=1S/C21H24N2O3S/c1-14(27(25)18-5-3-2-4-6-18)22-17-10-7-15(8-11-17)16-9-12-19-20(13-16)26-21(24)23-19/h2-6,9,12-15,17,22H,7-8,10-11H2,1H3,(H,23,24). The van der Waals surface area contributed by atoms with Crippen molar-refractivity contribution in [2.45, 2.75) is 54.8 Å². The maximum atomic E-state index is 12.6. The third kappa shape index (κ3) is 4.13. The Hall–Kier alpha value is -2.02. The minimum Gasteiger partial charge on any atom is -0.610 e. The van der Waals surface area contributed by atoms with Crippen LogP contribution in [0.3, 0.4) is 0 Å². The fraction of sp³-hybridized carbons (Fsp3) is 0.381. The molecule has 1 aromatic heterocycles. The van der Waals surface area contributed by atoms with E-state index in [1.165, 1.54) is 5.56 Å². The molecule has 2 atom stereocenters. The molecule has 0 radical (unpaired) electrons. The summed E-state index contributed by atoms with van der Waals surface area (Å²) >= 11 is -1.04. The van der Waals surface area contributed by atoms with Crippen molar-refractivity contribution in [1.82, 2.24) is 10.3 Å². The molecule has 1 aliphatic rings. The second-order valence-electron chi connectivity index (χ2n) is 7.24. The van der Waals surface area contributed by atoms with Gasteiger partial charge in [0.15, 0.2) is 15.9 Å². The first-order valence-electron chi connectivity index (χ1n) is 9.44. The van der Waals surface area contributed by atoms with Crippen molar-refractivity contribution in [3.8, 4) is 0 Å². The molecule has 0 saturated heterocycles. The van der Waals surface area contributed by atoms with Crippen LogP contribution >= 0.6 is 0 Å². The monoisotopic (exact) mass is 384 g/mol. The predicted molar refractivity (Wildman–Crippen MR) is 107 cm³/mol. The molecular formula is C21H24N2O3S. The highest BCUT2D eigenvalue weighted by Crippen LogP contribution is 2.34. The molecule has 1 heterocycles. The van der Waals surface area contributed by atoms with Gasteiger partial charge in [0.1, 0.15) is 0 Å². The smallest absolute Gasteiger partial charge is 0.417 e. The summed E-state index contributed by atoms with van der Waals surface area (Å²) in [6.07, 6.45) is 4.25. The van der Waals surface area contributed by atoms with Gasteiger partial charge in [0.25, 0.3) is 0 Å². The lowest BCUT2D eigenvalue weighted by atomic mass is 9.81. The molecule has 2 unspecified atom stereocenters. The summed E-state index contributed by atoms with van der Waals surface area (Å²) in [5.74, 6) is 0.0676. The van der Waals surface area contributed by atoms with Gasteiger partial charge in [-0.1, -0.05) is 24.3 Å². The van der Waals surface area contributed by atoms with Crippen molar-refractivity contribution >= 4 is 22.3 Å². The summed E-state index contributed by atoms with van der Waals surface area (Å²) in [6.45, 7) is 2.00. The van der Waals surface area contributed by atoms with Gasteiger partial charge in [-0.25, -0.2) is 4.79 Å². The zero-order valence-electron chi connectivity index (χ0n) is 15.3. The van der Waals surface area contributed by atoms with E-state index < -0.39 is 16.9 Å². The average Bonchev–Trinajstić information content (AvgIpc) is 3.07. The first-order valence-corrected chi connectivity index (χ1v) is 10.7. The Kier molecular flexibility index (Phi) is 5.38. The Labute approximate surface area is 161 Å². The number of aromatic nitrogens is 1. The van der Waals surface area contributed by atoms with Gasteiger partial charge in [-0.2, -0.15) is 0 Å². The zero-order valence-corrected chi connectivity index (χ0v) is 16.1. The number of aromatic amines is 1. The lowest BCUT2D eigenvalue weighted by Crippen LogP contribution is -2.42. The lowest BCUT2D eigenvalue weighted by Gasteiger charge is -2.31. The molecule has 27 heavy (non-hydrogen) atoms. The van der Waals surface area contributed by atoms with Gasteiger partial charge in [0.2, 0.25) is 0 Å². The van der Waals surface area contributed by atoms with Crippen molar-refractivity contribution in [2.75, 3.05) is 0 Å². The van der Waals surface area contributed by atoms with Crippen molar-refractivity contribution in [3.05, 3.63) is 64.6 Å². The first kappa shape index (κ1) is 18.3. The van der Waals surface area contributed by atoms with Crippen LogP contribution in [0.1, 0.15) is 44.1 Å². The molecule has 5 nitrogen and oxygen atoms in total. The van der Waals surface area contributed by atoms with Gasteiger partial charge in [0.05, 0.1) is 5.52 Å². The van der Waals surface area contributed by atoms with E-state index >= 15 is 0 Å². The third-order valence-electron chi connectivity index (χ3n) is 5.41. The van der Waals surface area contributed by atoms with Gasteiger partial charge in [-0.15, -0.1) is 0 Å². The maximum absolute atomic E-state index is 12.6. The van der Waals surface area contributed by atoms with Crippen LogP contribution in [-0.2, 0) is 11.2 Å². The molecule has 2 aromatic carbocycles. The number of benzene rings is 2. The Morgan fingerprint density at radius 1 is 1.15 bits per heavy atom. The largest absolute Gasteiger partial charge is 0.610 e. The number of oxazole rings is 1. The van der Waals surface area contributed by atoms with E-state index in [9.17, 15) is 9.35 Å². The van der Waals surface area contributed by atoms with E-state index in [4.69, 9.17) is 4.42 Å². The Morgan fingerprint density at radius 2 is 1.89 bits per heavy atom. The fourth-order valence-corrected chi connectivity index (χ4v) is 5.11.